The number of para-hydroxylation sites is 1. The van der Waals surface area contributed by atoms with E-state index in [9.17, 15) is 4.79 Å². The van der Waals surface area contributed by atoms with Crippen molar-refractivity contribution < 1.29 is 9.21 Å². The molecule has 148 valence electrons. The summed E-state index contributed by atoms with van der Waals surface area (Å²) in [6.07, 6.45) is 0. The van der Waals surface area contributed by atoms with Crippen LogP contribution in [0.1, 0.15) is 16.1 Å². The van der Waals surface area contributed by atoms with Crippen molar-refractivity contribution in [1.29, 1.82) is 0 Å². The summed E-state index contributed by atoms with van der Waals surface area (Å²) in [6.45, 7) is 0. The molecule has 30 heavy (non-hydrogen) atoms. The van der Waals surface area contributed by atoms with Crippen LogP contribution < -0.4 is 5.32 Å². The number of anilines is 1. The molecule has 0 saturated carbocycles. The van der Waals surface area contributed by atoms with Gasteiger partial charge in [-0.25, -0.2) is 4.98 Å². The Hall–Kier alpha value is -3.01. The van der Waals surface area contributed by atoms with E-state index < -0.39 is 0 Å². The lowest BCUT2D eigenvalue weighted by Gasteiger charge is -1.97. The molecule has 0 spiro atoms. The first-order valence-electron chi connectivity index (χ1n) is 9.02. The highest BCUT2D eigenvalue weighted by Crippen LogP contribution is 2.32. The smallest absolute Gasteiger partial charge is 0.293 e. The zero-order valence-corrected chi connectivity index (χ0v) is 17.9. The number of rotatable bonds is 6. The number of hydrogen-bond acceptors (Lipinski definition) is 8. The van der Waals surface area contributed by atoms with Crippen LogP contribution in [0.4, 0.5) is 5.13 Å². The number of carbonyl (C=O) groups excluding carboxylic acids is 1. The standard InChI is InChI=1S/C21H14N4O2S3/c26-18(23-20-24-25-21(30-20)28-12-13-6-2-1-3-7-13)15-10-11-16(27-15)19-22-14-8-4-5-9-17(14)29-19/h1-11H,12H2,(H,23,24,26). The maximum absolute atomic E-state index is 12.5. The fourth-order valence-electron chi connectivity index (χ4n) is 2.75. The summed E-state index contributed by atoms with van der Waals surface area (Å²) in [5, 5.41) is 12.1. The third kappa shape index (κ3) is 4.13. The number of fused-ring (bicyclic) bond motifs is 1. The highest BCUT2D eigenvalue weighted by atomic mass is 32.2. The molecule has 0 saturated heterocycles. The zero-order chi connectivity index (χ0) is 20.3. The summed E-state index contributed by atoms with van der Waals surface area (Å²) < 4.78 is 7.60. The molecular formula is C21H14N4O2S3. The van der Waals surface area contributed by atoms with Gasteiger partial charge in [0.25, 0.3) is 5.91 Å². The summed E-state index contributed by atoms with van der Waals surface area (Å²) in [4.78, 5) is 17.1. The van der Waals surface area contributed by atoms with E-state index in [1.54, 1.807) is 23.9 Å². The van der Waals surface area contributed by atoms with E-state index in [0.29, 0.717) is 10.9 Å². The molecule has 1 N–H and O–H groups in total. The van der Waals surface area contributed by atoms with E-state index in [4.69, 9.17) is 4.42 Å². The summed E-state index contributed by atoms with van der Waals surface area (Å²) in [5.74, 6) is 1.21. The molecule has 0 atom stereocenters. The van der Waals surface area contributed by atoms with Crippen molar-refractivity contribution in [1.82, 2.24) is 15.2 Å². The first-order chi connectivity index (χ1) is 14.7. The quantitative estimate of drug-likeness (QED) is 0.254. The van der Waals surface area contributed by atoms with Gasteiger partial charge in [0.05, 0.1) is 10.2 Å². The number of amides is 1. The molecule has 0 radical (unpaired) electrons. The van der Waals surface area contributed by atoms with Gasteiger partial charge in [-0.1, -0.05) is 65.6 Å². The summed E-state index contributed by atoms with van der Waals surface area (Å²) in [7, 11) is 0. The van der Waals surface area contributed by atoms with Crippen molar-refractivity contribution in [2.75, 3.05) is 5.32 Å². The van der Waals surface area contributed by atoms with E-state index in [-0.39, 0.29) is 11.7 Å². The Morgan fingerprint density at radius 3 is 2.67 bits per heavy atom. The van der Waals surface area contributed by atoms with Gasteiger partial charge < -0.3 is 4.42 Å². The van der Waals surface area contributed by atoms with E-state index in [2.05, 4.69) is 32.6 Å². The Labute approximate surface area is 184 Å². The lowest BCUT2D eigenvalue weighted by molar-refractivity contribution is 0.0997. The molecule has 0 aliphatic rings. The Balaban J connectivity index is 1.24. The fraction of sp³-hybridized carbons (Fsp3) is 0.0476. The first-order valence-corrected chi connectivity index (χ1v) is 11.6. The normalized spacial score (nSPS) is 11.1. The van der Waals surface area contributed by atoms with Crippen LogP contribution in [0.5, 0.6) is 0 Å². The number of nitrogens with zero attached hydrogens (tertiary/aromatic N) is 3. The van der Waals surface area contributed by atoms with Crippen LogP contribution in [0.15, 0.2) is 75.5 Å². The molecule has 5 aromatic rings. The van der Waals surface area contributed by atoms with Crippen LogP contribution in [0.2, 0.25) is 0 Å². The van der Waals surface area contributed by atoms with Crippen LogP contribution in [-0.4, -0.2) is 21.1 Å². The van der Waals surface area contributed by atoms with Crippen LogP contribution >= 0.6 is 34.4 Å². The van der Waals surface area contributed by atoms with Gasteiger partial charge in [-0.2, -0.15) is 0 Å². The second kappa shape index (κ2) is 8.39. The average Bonchev–Trinajstić information content (AvgIpc) is 3.51. The Morgan fingerprint density at radius 1 is 0.967 bits per heavy atom. The van der Waals surface area contributed by atoms with Gasteiger partial charge in [-0.3, -0.25) is 10.1 Å². The van der Waals surface area contributed by atoms with E-state index in [1.165, 1.54) is 28.2 Å². The topological polar surface area (TPSA) is 80.9 Å². The van der Waals surface area contributed by atoms with Gasteiger partial charge in [0.15, 0.2) is 20.9 Å². The number of aromatic nitrogens is 3. The van der Waals surface area contributed by atoms with Crippen LogP contribution in [-0.2, 0) is 5.75 Å². The SMILES string of the molecule is O=C(Nc1nnc(SCc2ccccc2)s1)c1ccc(-c2nc3ccccc3s2)o1. The second-order valence-electron chi connectivity index (χ2n) is 6.25. The third-order valence-electron chi connectivity index (χ3n) is 4.17. The van der Waals surface area contributed by atoms with E-state index in [0.717, 1.165) is 25.3 Å². The summed E-state index contributed by atoms with van der Waals surface area (Å²) >= 11 is 4.45. The molecule has 1 amide bonds. The largest absolute Gasteiger partial charge is 0.448 e. The predicted octanol–water partition coefficient (Wildman–Crippen LogP) is 5.95. The summed E-state index contributed by atoms with van der Waals surface area (Å²) in [6, 6.07) is 21.4. The van der Waals surface area contributed by atoms with Crippen molar-refractivity contribution in [3.63, 3.8) is 0 Å². The lowest BCUT2D eigenvalue weighted by Crippen LogP contribution is -2.10. The number of thiazole rings is 1. The molecule has 0 aliphatic carbocycles. The van der Waals surface area contributed by atoms with E-state index in [1.807, 2.05) is 42.5 Å². The molecule has 9 heteroatoms. The van der Waals surface area contributed by atoms with Crippen molar-refractivity contribution in [3.05, 3.63) is 78.1 Å². The molecule has 3 aromatic heterocycles. The minimum Gasteiger partial charge on any atom is -0.448 e. The molecule has 3 heterocycles. The van der Waals surface area contributed by atoms with Gasteiger partial charge in [0, 0.05) is 5.75 Å². The molecule has 0 unspecified atom stereocenters. The van der Waals surface area contributed by atoms with Crippen molar-refractivity contribution in [3.8, 4) is 10.8 Å². The molecule has 5 rings (SSSR count). The lowest BCUT2D eigenvalue weighted by atomic mass is 10.2. The number of hydrogen-bond donors (Lipinski definition) is 1. The number of carbonyl (C=O) groups is 1. The van der Waals surface area contributed by atoms with Gasteiger partial charge in [0.2, 0.25) is 5.13 Å². The van der Waals surface area contributed by atoms with Gasteiger partial charge in [-0.15, -0.1) is 21.5 Å². The third-order valence-corrected chi connectivity index (χ3v) is 7.26. The summed E-state index contributed by atoms with van der Waals surface area (Å²) in [5.41, 5.74) is 2.12. The van der Waals surface area contributed by atoms with Crippen LogP contribution in [0, 0.1) is 0 Å². The highest BCUT2D eigenvalue weighted by Gasteiger charge is 2.17. The monoisotopic (exact) mass is 450 g/mol. The molecule has 0 bridgehead atoms. The van der Waals surface area contributed by atoms with Crippen molar-refractivity contribution in [2.45, 2.75) is 10.1 Å². The number of thioether (sulfide) groups is 1. The van der Waals surface area contributed by atoms with Crippen LogP contribution in [0.3, 0.4) is 0 Å². The molecule has 0 aliphatic heterocycles. The number of furan rings is 1. The average molecular weight is 451 g/mol. The highest BCUT2D eigenvalue weighted by molar-refractivity contribution is 8.00. The van der Waals surface area contributed by atoms with Gasteiger partial charge >= 0.3 is 0 Å². The second-order valence-corrected chi connectivity index (χ2v) is 9.48. The Bertz CT molecular complexity index is 1280. The molecule has 0 fully saturated rings. The molecule has 6 nitrogen and oxygen atoms in total. The Kier molecular flexibility index (Phi) is 5.31. The minimum atomic E-state index is -0.363. The molecule has 2 aromatic carbocycles. The zero-order valence-electron chi connectivity index (χ0n) is 15.4. The van der Waals surface area contributed by atoms with E-state index >= 15 is 0 Å². The fourth-order valence-corrected chi connectivity index (χ4v) is 5.38. The number of nitrogens with one attached hydrogen (secondary N) is 1. The van der Waals surface area contributed by atoms with Crippen molar-refractivity contribution in [2.24, 2.45) is 0 Å². The number of benzene rings is 2. The Morgan fingerprint density at radius 2 is 1.80 bits per heavy atom. The van der Waals surface area contributed by atoms with Gasteiger partial charge in [0.1, 0.15) is 0 Å². The maximum atomic E-state index is 12.5. The van der Waals surface area contributed by atoms with Crippen molar-refractivity contribution >= 4 is 55.7 Å². The molecular weight excluding hydrogens is 436 g/mol. The first kappa shape index (κ1) is 19.0. The maximum Gasteiger partial charge on any atom is 0.293 e. The van der Waals surface area contributed by atoms with Crippen LogP contribution in [0.25, 0.3) is 21.0 Å². The van der Waals surface area contributed by atoms with Gasteiger partial charge in [-0.05, 0) is 29.8 Å². The minimum absolute atomic E-state index is 0.206. The predicted molar refractivity (Wildman–Crippen MR) is 121 cm³/mol.